The fourth-order valence-electron chi connectivity index (χ4n) is 2.68. The molecule has 3 rings (SSSR count). The summed E-state index contributed by atoms with van der Waals surface area (Å²) in [4.78, 5) is 0. The van der Waals surface area contributed by atoms with Gasteiger partial charge in [-0.3, -0.25) is 0 Å². The lowest BCUT2D eigenvalue weighted by Crippen LogP contribution is -2.14. The number of rotatable bonds is 3. The lowest BCUT2D eigenvalue weighted by Gasteiger charge is -2.26. The van der Waals surface area contributed by atoms with Gasteiger partial charge in [0, 0.05) is 10.0 Å². The zero-order valence-corrected chi connectivity index (χ0v) is 12.7. The zero-order chi connectivity index (χ0) is 14.1. The second-order valence-corrected chi connectivity index (χ2v) is 6.29. The van der Waals surface area contributed by atoms with E-state index >= 15 is 0 Å². The van der Waals surface area contributed by atoms with Gasteiger partial charge in [-0.05, 0) is 53.6 Å². The monoisotopic (exact) mass is 305 g/mol. The van der Waals surface area contributed by atoms with Crippen molar-refractivity contribution in [2.24, 2.45) is 5.73 Å². The number of halogens is 2. The van der Waals surface area contributed by atoms with E-state index in [4.69, 9.17) is 28.9 Å². The van der Waals surface area contributed by atoms with Gasteiger partial charge in [0.25, 0.3) is 0 Å². The second kappa shape index (κ2) is 5.77. The Labute approximate surface area is 129 Å². The zero-order valence-electron chi connectivity index (χ0n) is 11.2. The van der Waals surface area contributed by atoms with E-state index in [1.54, 1.807) is 12.1 Å². The third kappa shape index (κ3) is 2.71. The molecule has 1 atom stereocenters. The minimum Gasteiger partial charge on any atom is -0.320 e. The summed E-state index contributed by atoms with van der Waals surface area (Å²) in [6, 6.07) is 13.8. The van der Waals surface area contributed by atoms with Crippen LogP contribution in [0.3, 0.4) is 0 Å². The molecule has 1 saturated carbocycles. The van der Waals surface area contributed by atoms with Gasteiger partial charge in [-0.2, -0.15) is 0 Å². The Morgan fingerprint density at radius 1 is 1.05 bits per heavy atom. The highest BCUT2D eigenvalue weighted by Gasteiger charge is 2.21. The first-order chi connectivity index (χ1) is 9.65. The van der Waals surface area contributed by atoms with E-state index in [-0.39, 0.29) is 6.04 Å². The van der Waals surface area contributed by atoms with E-state index in [2.05, 4.69) is 24.3 Å². The second-order valence-electron chi connectivity index (χ2n) is 5.44. The van der Waals surface area contributed by atoms with Crippen LogP contribution in [0.2, 0.25) is 10.0 Å². The molecule has 1 nitrogen and oxygen atoms in total. The van der Waals surface area contributed by atoms with Crippen LogP contribution >= 0.6 is 23.2 Å². The molecule has 2 aromatic carbocycles. The maximum absolute atomic E-state index is 6.37. The van der Waals surface area contributed by atoms with Crippen LogP contribution in [-0.4, -0.2) is 0 Å². The summed E-state index contributed by atoms with van der Waals surface area (Å²) >= 11 is 12.3. The molecule has 1 fully saturated rings. The highest BCUT2D eigenvalue weighted by atomic mass is 35.5. The van der Waals surface area contributed by atoms with Crippen LogP contribution in [0.15, 0.2) is 42.5 Å². The maximum atomic E-state index is 6.37. The van der Waals surface area contributed by atoms with Crippen molar-refractivity contribution in [3.05, 3.63) is 69.2 Å². The van der Waals surface area contributed by atoms with Crippen molar-refractivity contribution in [1.82, 2.24) is 0 Å². The van der Waals surface area contributed by atoms with E-state index in [1.807, 2.05) is 6.07 Å². The van der Waals surface area contributed by atoms with Crippen LogP contribution in [0.5, 0.6) is 0 Å². The minimum absolute atomic E-state index is 0.235. The van der Waals surface area contributed by atoms with Crippen LogP contribution in [0.25, 0.3) is 0 Å². The Balaban J connectivity index is 1.93. The van der Waals surface area contributed by atoms with Crippen LogP contribution in [0.1, 0.15) is 47.9 Å². The Morgan fingerprint density at radius 3 is 2.55 bits per heavy atom. The van der Waals surface area contributed by atoms with Crippen molar-refractivity contribution in [1.29, 1.82) is 0 Å². The third-order valence-corrected chi connectivity index (χ3v) is 4.72. The predicted octanol–water partition coefficient (Wildman–Crippen LogP) is 5.31. The van der Waals surface area contributed by atoms with Crippen molar-refractivity contribution < 1.29 is 0 Å². The average Bonchev–Trinajstić information content (AvgIpc) is 2.39. The van der Waals surface area contributed by atoms with Crippen molar-refractivity contribution in [2.75, 3.05) is 0 Å². The molecule has 0 radical (unpaired) electrons. The first-order valence-electron chi connectivity index (χ1n) is 6.95. The van der Waals surface area contributed by atoms with Gasteiger partial charge in [0.1, 0.15) is 0 Å². The Kier molecular flexibility index (Phi) is 4.02. The molecule has 1 unspecified atom stereocenters. The van der Waals surface area contributed by atoms with Gasteiger partial charge in [0.2, 0.25) is 0 Å². The summed E-state index contributed by atoms with van der Waals surface area (Å²) in [7, 11) is 0. The Bertz CT molecular complexity index is 620. The average molecular weight is 306 g/mol. The van der Waals surface area contributed by atoms with E-state index in [9.17, 15) is 0 Å². The quantitative estimate of drug-likeness (QED) is 0.817. The summed E-state index contributed by atoms with van der Waals surface area (Å²) in [6.07, 6.45) is 3.91. The lowest BCUT2D eigenvalue weighted by molar-refractivity contribution is 0.419. The molecule has 0 spiro atoms. The van der Waals surface area contributed by atoms with E-state index < -0.39 is 0 Å². The first kappa shape index (κ1) is 13.9. The fourth-order valence-corrected chi connectivity index (χ4v) is 3.10. The fraction of sp³-hybridized carbons (Fsp3) is 0.294. The molecule has 20 heavy (non-hydrogen) atoms. The minimum atomic E-state index is -0.235. The molecule has 3 heteroatoms. The molecule has 2 aromatic rings. The molecular weight excluding hydrogens is 289 g/mol. The van der Waals surface area contributed by atoms with Gasteiger partial charge in [0.05, 0.1) is 6.04 Å². The highest BCUT2D eigenvalue weighted by molar-refractivity contribution is 6.33. The largest absolute Gasteiger partial charge is 0.320 e. The number of hydrogen-bond acceptors (Lipinski definition) is 1. The highest BCUT2D eigenvalue weighted by Crippen LogP contribution is 2.37. The van der Waals surface area contributed by atoms with Gasteiger partial charge in [0.15, 0.2) is 0 Å². The normalized spacial score (nSPS) is 16.8. The van der Waals surface area contributed by atoms with E-state index in [0.717, 1.165) is 11.1 Å². The topological polar surface area (TPSA) is 26.0 Å². The molecule has 0 aromatic heterocycles. The lowest BCUT2D eigenvalue weighted by atomic mass is 9.79. The number of nitrogens with two attached hydrogens (primary N) is 1. The maximum Gasteiger partial charge on any atom is 0.0567 e. The Hall–Kier alpha value is -1.02. The van der Waals surface area contributed by atoms with Crippen LogP contribution in [-0.2, 0) is 0 Å². The Morgan fingerprint density at radius 2 is 1.85 bits per heavy atom. The van der Waals surface area contributed by atoms with Crippen molar-refractivity contribution in [2.45, 2.75) is 31.2 Å². The van der Waals surface area contributed by atoms with Gasteiger partial charge >= 0.3 is 0 Å². The standard InChI is InChI=1S/C17H17Cl2N/c18-14-7-8-16(19)15(10-14)17(20)13-6-2-5-12(9-13)11-3-1-4-11/h2,5-11,17H,1,3-4,20H2. The van der Waals surface area contributed by atoms with E-state index in [0.29, 0.717) is 16.0 Å². The smallest absolute Gasteiger partial charge is 0.0567 e. The molecular formula is C17H17Cl2N. The van der Waals surface area contributed by atoms with E-state index in [1.165, 1.54) is 24.8 Å². The first-order valence-corrected chi connectivity index (χ1v) is 7.71. The van der Waals surface area contributed by atoms with Gasteiger partial charge in [-0.25, -0.2) is 0 Å². The number of benzene rings is 2. The summed E-state index contributed by atoms with van der Waals surface area (Å²) in [5.74, 6) is 0.706. The molecule has 0 saturated heterocycles. The molecule has 0 bridgehead atoms. The summed E-state index contributed by atoms with van der Waals surface area (Å²) in [6.45, 7) is 0. The molecule has 104 valence electrons. The molecule has 0 heterocycles. The molecule has 1 aliphatic rings. The molecule has 0 aliphatic heterocycles. The van der Waals surface area contributed by atoms with Crippen molar-refractivity contribution in [3.8, 4) is 0 Å². The van der Waals surface area contributed by atoms with Crippen LogP contribution in [0, 0.1) is 0 Å². The summed E-state index contributed by atoms with van der Waals surface area (Å²) in [5.41, 5.74) is 9.74. The molecule has 1 aliphatic carbocycles. The van der Waals surface area contributed by atoms with Gasteiger partial charge in [-0.15, -0.1) is 0 Å². The summed E-state index contributed by atoms with van der Waals surface area (Å²) < 4.78 is 0. The molecule has 0 amide bonds. The predicted molar refractivity (Wildman–Crippen MR) is 85.5 cm³/mol. The summed E-state index contributed by atoms with van der Waals surface area (Å²) in [5, 5.41) is 1.32. The van der Waals surface area contributed by atoms with Crippen molar-refractivity contribution >= 4 is 23.2 Å². The van der Waals surface area contributed by atoms with Crippen molar-refractivity contribution in [3.63, 3.8) is 0 Å². The van der Waals surface area contributed by atoms with Gasteiger partial charge < -0.3 is 5.73 Å². The van der Waals surface area contributed by atoms with Gasteiger partial charge in [-0.1, -0.05) is 53.9 Å². The molecule has 2 N–H and O–H groups in total. The van der Waals surface area contributed by atoms with Crippen LogP contribution < -0.4 is 5.73 Å². The third-order valence-electron chi connectivity index (χ3n) is 4.14. The van der Waals surface area contributed by atoms with Crippen LogP contribution in [0.4, 0.5) is 0 Å². The SMILES string of the molecule is NC(c1cccc(C2CCC2)c1)c1cc(Cl)ccc1Cl. The number of hydrogen-bond donors (Lipinski definition) is 1.